The zero-order valence-electron chi connectivity index (χ0n) is 9.82. The first-order valence-corrected chi connectivity index (χ1v) is 5.85. The SMILES string of the molecule is C=CCC(N)C(=O)N[C@H](C)c1ccccc1Cl. The van der Waals surface area contributed by atoms with Gasteiger partial charge in [-0.2, -0.15) is 0 Å². The number of benzene rings is 1. The first-order chi connectivity index (χ1) is 8.06. The standard InChI is InChI=1S/C13H17ClN2O/c1-3-6-12(15)13(17)16-9(2)10-7-4-5-8-11(10)14/h3-5,7-9,12H,1,6,15H2,2H3,(H,16,17)/t9-,12?/m1/s1. The molecule has 0 spiro atoms. The summed E-state index contributed by atoms with van der Waals surface area (Å²) in [6, 6.07) is 6.69. The minimum absolute atomic E-state index is 0.160. The highest BCUT2D eigenvalue weighted by Crippen LogP contribution is 2.22. The van der Waals surface area contributed by atoms with Crippen LogP contribution in [0.15, 0.2) is 36.9 Å². The van der Waals surface area contributed by atoms with E-state index in [1.54, 1.807) is 12.1 Å². The number of rotatable bonds is 5. The lowest BCUT2D eigenvalue weighted by Crippen LogP contribution is -2.41. The largest absolute Gasteiger partial charge is 0.348 e. The molecule has 17 heavy (non-hydrogen) atoms. The lowest BCUT2D eigenvalue weighted by molar-refractivity contribution is -0.122. The number of carbonyl (C=O) groups excluding carboxylic acids is 1. The van der Waals surface area contributed by atoms with Crippen molar-refractivity contribution in [3.05, 3.63) is 47.5 Å². The summed E-state index contributed by atoms with van der Waals surface area (Å²) in [5.41, 5.74) is 6.56. The molecule has 2 atom stereocenters. The van der Waals surface area contributed by atoms with Crippen LogP contribution in [0.25, 0.3) is 0 Å². The second kappa shape index (κ2) is 6.42. The van der Waals surface area contributed by atoms with Gasteiger partial charge in [0.25, 0.3) is 0 Å². The molecule has 3 nitrogen and oxygen atoms in total. The Kier molecular flexibility index (Phi) is 5.19. The normalized spacial score (nSPS) is 13.8. The number of halogens is 1. The van der Waals surface area contributed by atoms with Gasteiger partial charge >= 0.3 is 0 Å². The molecule has 1 aromatic carbocycles. The molecule has 1 unspecified atom stereocenters. The Morgan fingerprint density at radius 2 is 2.24 bits per heavy atom. The van der Waals surface area contributed by atoms with E-state index in [-0.39, 0.29) is 11.9 Å². The van der Waals surface area contributed by atoms with Gasteiger partial charge in [0.1, 0.15) is 0 Å². The number of nitrogens with one attached hydrogen (secondary N) is 1. The fourth-order valence-corrected chi connectivity index (χ4v) is 1.81. The van der Waals surface area contributed by atoms with Crippen molar-refractivity contribution in [1.29, 1.82) is 0 Å². The van der Waals surface area contributed by atoms with Crippen molar-refractivity contribution in [3.63, 3.8) is 0 Å². The Bertz CT molecular complexity index is 406. The van der Waals surface area contributed by atoms with E-state index >= 15 is 0 Å². The highest BCUT2D eigenvalue weighted by Gasteiger charge is 2.16. The summed E-state index contributed by atoms with van der Waals surface area (Å²) < 4.78 is 0. The van der Waals surface area contributed by atoms with Gasteiger partial charge in [-0.1, -0.05) is 35.9 Å². The van der Waals surface area contributed by atoms with Crippen LogP contribution in [0.3, 0.4) is 0 Å². The molecule has 0 aliphatic carbocycles. The number of hydrogen-bond acceptors (Lipinski definition) is 2. The Hall–Kier alpha value is -1.32. The fourth-order valence-electron chi connectivity index (χ4n) is 1.51. The maximum atomic E-state index is 11.7. The molecule has 0 heterocycles. The van der Waals surface area contributed by atoms with Crippen LogP contribution in [-0.2, 0) is 4.79 Å². The third-order valence-electron chi connectivity index (χ3n) is 2.49. The van der Waals surface area contributed by atoms with Crippen LogP contribution in [0.1, 0.15) is 24.9 Å². The summed E-state index contributed by atoms with van der Waals surface area (Å²) in [4.78, 5) is 11.7. The van der Waals surface area contributed by atoms with Gasteiger partial charge in [-0.3, -0.25) is 4.79 Å². The molecule has 0 bridgehead atoms. The predicted molar refractivity (Wildman–Crippen MR) is 70.8 cm³/mol. The Balaban J connectivity index is 2.66. The van der Waals surface area contributed by atoms with Gasteiger partial charge in [0.05, 0.1) is 12.1 Å². The van der Waals surface area contributed by atoms with Crippen molar-refractivity contribution in [2.75, 3.05) is 0 Å². The summed E-state index contributed by atoms with van der Waals surface area (Å²) in [6.07, 6.45) is 2.09. The number of amides is 1. The van der Waals surface area contributed by atoms with E-state index in [0.29, 0.717) is 11.4 Å². The maximum Gasteiger partial charge on any atom is 0.237 e. The Labute approximate surface area is 107 Å². The van der Waals surface area contributed by atoms with Crippen molar-refractivity contribution < 1.29 is 4.79 Å². The van der Waals surface area contributed by atoms with E-state index in [1.807, 2.05) is 25.1 Å². The third kappa shape index (κ3) is 3.88. The average molecular weight is 253 g/mol. The third-order valence-corrected chi connectivity index (χ3v) is 2.83. The minimum atomic E-state index is -0.558. The number of carbonyl (C=O) groups is 1. The van der Waals surface area contributed by atoms with Crippen molar-refractivity contribution in [2.45, 2.75) is 25.4 Å². The monoisotopic (exact) mass is 252 g/mol. The van der Waals surface area contributed by atoms with Gasteiger partial charge in [0, 0.05) is 5.02 Å². The maximum absolute atomic E-state index is 11.7. The average Bonchev–Trinajstić information content (AvgIpc) is 2.29. The molecule has 1 rings (SSSR count). The lowest BCUT2D eigenvalue weighted by atomic mass is 10.1. The van der Waals surface area contributed by atoms with Crippen LogP contribution in [-0.4, -0.2) is 11.9 Å². The predicted octanol–water partition coefficient (Wildman–Crippen LogP) is 2.42. The second-order valence-electron chi connectivity index (χ2n) is 3.88. The van der Waals surface area contributed by atoms with Crippen molar-refractivity contribution in [3.8, 4) is 0 Å². The van der Waals surface area contributed by atoms with E-state index < -0.39 is 6.04 Å². The minimum Gasteiger partial charge on any atom is -0.348 e. The van der Waals surface area contributed by atoms with Crippen molar-refractivity contribution >= 4 is 17.5 Å². The molecule has 1 aromatic rings. The molecule has 0 aliphatic heterocycles. The molecule has 4 heteroatoms. The topological polar surface area (TPSA) is 55.1 Å². The van der Waals surface area contributed by atoms with Crippen LogP contribution in [0, 0.1) is 0 Å². The molecular formula is C13H17ClN2O. The van der Waals surface area contributed by atoms with E-state index in [9.17, 15) is 4.79 Å². The zero-order chi connectivity index (χ0) is 12.8. The smallest absolute Gasteiger partial charge is 0.237 e. The van der Waals surface area contributed by atoms with E-state index in [0.717, 1.165) is 5.56 Å². The van der Waals surface area contributed by atoms with E-state index in [1.165, 1.54) is 0 Å². The lowest BCUT2D eigenvalue weighted by Gasteiger charge is -2.18. The van der Waals surface area contributed by atoms with Gasteiger partial charge in [-0.15, -0.1) is 6.58 Å². The van der Waals surface area contributed by atoms with Crippen LogP contribution < -0.4 is 11.1 Å². The fraction of sp³-hybridized carbons (Fsp3) is 0.308. The molecule has 92 valence electrons. The molecule has 0 fully saturated rings. The zero-order valence-corrected chi connectivity index (χ0v) is 10.6. The van der Waals surface area contributed by atoms with Gasteiger partial charge in [0.15, 0.2) is 0 Å². The molecule has 0 aliphatic rings. The molecular weight excluding hydrogens is 236 g/mol. The van der Waals surface area contributed by atoms with Crippen LogP contribution in [0.4, 0.5) is 0 Å². The summed E-state index contributed by atoms with van der Waals surface area (Å²) in [6.45, 7) is 5.43. The summed E-state index contributed by atoms with van der Waals surface area (Å²) in [5, 5.41) is 3.46. The molecule has 3 N–H and O–H groups in total. The van der Waals surface area contributed by atoms with Crippen LogP contribution in [0.5, 0.6) is 0 Å². The van der Waals surface area contributed by atoms with Gasteiger partial charge in [-0.25, -0.2) is 0 Å². The van der Waals surface area contributed by atoms with E-state index in [4.69, 9.17) is 17.3 Å². The Morgan fingerprint density at radius 1 is 1.59 bits per heavy atom. The first-order valence-electron chi connectivity index (χ1n) is 5.47. The van der Waals surface area contributed by atoms with E-state index in [2.05, 4.69) is 11.9 Å². The summed E-state index contributed by atoms with van der Waals surface area (Å²) >= 11 is 6.04. The number of hydrogen-bond donors (Lipinski definition) is 2. The van der Waals surface area contributed by atoms with Gasteiger partial charge < -0.3 is 11.1 Å². The molecule has 0 saturated carbocycles. The second-order valence-corrected chi connectivity index (χ2v) is 4.29. The number of nitrogens with two attached hydrogens (primary N) is 1. The van der Waals surface area contributed by atoms with Gasteiger partial charge in [0.2, 0.25) is 5.91 Å². The molecule has 1 amide bonds. The first kappa shape index (κ1) is 13.7. The Morgan fingerprint density at radius 3 is 2.82 bits per heavy atom. The van der Waals surface area contributed by atoms with Crippen LogP contribution >= 0.6 is 11.6 Å². The van der Waals surface area contributed by atoms with Crippen molar-refractivity contribution in [1.82, 2.24) is 5.32 Å². The summed E-state index contributed by atoms with van der Waals surface area (Å²) in [7, 11) is 0. The quantitative estimate of drug-likeness (QED) is 0.791. The van der Waals surface area contributed by atoms with Crippen molar-refractivity contribution in [2.24, 2.45) is 5.73 Å². The van der Waals surface area contributed by atoms with Crippen LogP contribution in [0.2, 0.25) is 5.02 Å². The van der Waals surface area contributed by atoms with Gasteiger partial charge in [-0.05, 0) is 25.0 Å². The summed E-state index contributed by atoms with van der Waals surface area (Å²) in [5.74, 6) is -0.197. The molecule has 0 aromatic heterocycles. The molecule has 0 radical (unpaired) electrons. The molecule has 0 saturated heterocycles. The highest BCUT2D eigenvalue weighted by atomic mass is 35.5. The highest BCUT2D eigenvalue weighted by molar-refractivity contribution is 6.31.